The van der Waals surface area contributed by atoms with Crippen LogP contribution in [0.25, 0.3) is 0 Å². The van der Waals surface area contributed by atoms with Crippen LogP contribution in [0, 0.1) is 11.8 Å². The Morgan fingerprint density at radius 1 is 1.35 bits per heavy atom. The summed E-state index contributed by atoms with van der Waals surface area (Å²) < 4.78 is 5.19. The van der Waals surface area contributed by atoms with Gasteiger partial charge in [0.15, 0.2) is 0 Å². The lowest BCUT2D eigenvalue weighted by molar-refractivity contribution is -0.151. The highest BCUT2D eigenvalue weighted by Crippen LogP contribution is 2.30. The highest BCUT2D eigenvalue weighted by molar-refractivity contribution is 5.73. The van der Waals surface area contributed by atoms with Gasteiger partial charge in [0.1, 0.15) is 6.61 Å². The molecule has 1 aliphatic rings. The Morgan fingerprint density at radius 2 is 2.12 bits per heavy atom. The number of hydrogen-bond donors (Lipinski definition) is 1. The maximum atomic E-state index is 11.8. The minimum Gasteiger partial charge on any atom is -0.461 e. The van der Waals surface area contributed by atoms with Gasteiger partial charge in [-0.1, -0.05) is 31.1 Å². The van der Waals surface area contributed by atoms with Gasteiger partial charge in [0.05, 0.1) is 5.92 Å². The van der Waals surface area contributed by atoms with E-state index in [0.29, 0.717) is 6.61 Å². The fourth-order valence-electron chi connectivity index (χ4n) is 2.22. The third-order valence-corrected chi connectivity index (χ3v) is 3.21. The predicted octanol–water partition coefficient (Wildman–Crippen LogP) is 2.46. The Hall–Kier alpha value is -1.09. The zero-order valence-corrected chi connectivity index (χ0v) is 10.5. The van der Waals surface area contributed by atoms with Crippen molar-refractivity contribution in [1.29, 1.82) is 0 Å². The van der Waals surface area contributed by atoms with Gasteiger partial charge in [-0.2, -0.15) is 0 Å². The number of rotatable bonds is 5. The van der Waals surface area contributed by atoms with Crippen LogP contribution in [0.4, 0.5) is 0 Å². The quantitative estimate of drug-likeness (QED) is 0.591. The predicted molar refractivity (Wildman–Crippen MR) is 67.4 cm³/mol. The fourth-order valence-corrected chi connectivity index (χ4v) is 2.22. The van der Waals surface area contributed by atoms with Crippen molar-refractivity contribution in [3.63, 3.8) is 0 Å². The largest absolute Gasteiger partial charge is 0.461 e. The molecule has 0 radical (unpaired) electrons. The minimum absolute atomic E-state index is 0.0914. The Morgan fingerprint density at radius 3 is 2.82 bits per heavy atom. The molecule has 3 heteroatoms. The van der Waals surface area contributed by atoms with Crippen LogP contribution in [0.2, 0.25) is 0 Å². The molecule has 0 aromatic heterocycles. The molecule has 0 bridgehead atoms. The van der Waals surface area contributed by atoms with Crippen LogP contribution in [0.5, 0.6) is 0 Å². The van der Waals surface area contributed by atoms with Crippen molar-refractivity contribution in [1.82, 2.24) is 0 Å². The molecule has 1 N–H and O–H groups in total. The molecule has 0 spiro atoms. The van der Waals surface area contributed by atoms with E-state index in [0.717, 1.165) is 25.7 Å². The van der Waals surface area contributed by atoms with Crippen LogP contribution >= 0.6 is 0 Å². The van der Waals surface area contributed by atoms with E-state index in [1.54, 1.807) is 0 Å². The fraction of sp³-hybridized carbons (Fsp3) is 0.643. The molecule has 0 heterocycles. The first-order valence-electron chi connectivity index (χ1n) is 6.35. The molecule has 0 aliphatic heterocycles. The van der Waals surface area contributed by atoms with Crippen molar-refractivity contribution in [2.75, 3.05) is 13.2 Å². The lowest BCUT2D eigenvalue weighted by Gasteiger charge is -2.28. The molecule has 1 rings (SSSR count). The molecule has 0 aromatic carbocycles. The number of carbonyl (C=O) groups is 1. The van der Waals surface area contributed by atoms with Gasteiger partial charge in [0.25, 0.3) is 0 Å². The summed E-state index contributed by atoms with van der Waals surface area (Å²) in [5.41, 5.74) is 0. The lowest BCUT2D eigenvalue weighted by atomic mass is 9.80. The maximum absolute atomic E-state index is 11.8. The topological polar surface area (TPSA) is 46.5 Å². The molecule has 0 aromatic rings. The summed E-state index contributed by atoms with van der Waals surface area (Å²) in [4.78, 5) is 11.8. The highest BCUT2D eigenvalue weighted by atomic mass is 16.5. The van der Waals surface area contributed by atoms with Gasteiger partial charge in [-0.25, -0.2) is 0 Å². The third-order valence-electron chi connectivity index (χ3n) is 3.21. The zero-order valence-electron chi connectivity index (χ0n) is 10.5. The molecule has 1 aliphatic carbocycles. The summed E-state index contributed by atoms with van der Waals surface area (Å²) in [6, 6.07) is 0. The third kappa shape index (κ3) is 4.73. The van der Waals surface area contributed by atoms with E-state index >= 15 is 0 Å². The van der Waals surface area contributed by atoms with E-state index in [2.05, 4.69) is 0 Å². The lowest BCUT2D eigenvalue weighted by Crippen LogP contribution is -2.31. The number of allylic oxidation sites excluding steroid dienone is 3. The van der Waals surface area contributed by atoms with Gasteiger partial charge in [0.2, 0.25) is 0 Å². The summed E-state index contributed by atoms with van der Waals surface area (Å²) in [6.07, 6.45) is 11.4. The number of esters is 1. The first kappa shape index (κ1) is 14.0. The van der Waals surface area contributed by atoms with Crippen LogP contribution in [0.15, 0.2) is 24.3 Å². The van der Waals surface area contributed by atoms with Gasteiger partial charge >= 0.3 is 5.97 Å². The maximum Gasteiger partial charge on any atom is 0.309 e. The van der Waals surface area contributed by atoms with Crippen LogP contribution in [-0.2, 0) is 9.53 Å². The van der Waals surface area contributed by atoms with Crippen LogP contribution in [-0.4, -0.2) is 24.3 Å². The average molecular weight is 238 g/mol. The summed E-state index contributed by atoms with van der Waals surface area (Å²) in [6.45, 7) is 2.34. The van der Waals surface area contributed by atoms with E-state index in [9.17, 15) is 9.90 Å². The second kappa shape index (κ2) is 8.07. The second-order valence-corrected chi connectivity index (χ2v) is 4.42. The van der Waals surface area contributed by atoms with E-state index < -0.39 is 0 Å². The molecular formula is C14H22O3. The van der Waals surface area contributed by atoms with Crippen molar-refractivity contribution in [3.8, 4) is 0 Å². The Labute approximate surface area is 103 Å². The van der Waals surface area contributed by atoms with Gasteiger partial charge in [0, 0.05) is 6.61 Å². The zero-order chi connectivity index (χ0) is 12.5. The van der Waals surface area contributed by atoms with Crippen molar-refractivity contribution in [2.24, 2.45) is 11.8 Å². The van der Waals surface area contributed by atoms with Gasteiger partial charge < -0.3 is 9.84 Å². The molecule has 0 unspecified atom stereocenters. The van der Waals surface area contributed by atoms with E-state index in [-0.39, 0.29) is 24.4 Å². The number of aliphatic hydroxyl groups excluding tert-OH is 1. The summed E-state index contributed by atoms with van der Waals surface area (Å²) >= 11 is 0. The van der Waals surface area contributed by atoms with Crippen LogP contribution in [0.1, 0.15) is 32.6 Å². The molecule has 0 saturated heterocycles. The van der Waals surface area contributed by atoms with E-state index in [1.165, 1.54) is 0 Å². The Balaban J connectivity index is 2.35. The number of hydrogen-bond acceptors (Lipinski definition) is 3. The van der Waals surface area contributed by atoms with E-state index in [4.69, 9.17) is 4.74 Å². The Kier molecular flexibility index (Phi) is 6.63. The molecule has 2 atom stereocenters. The van der Waals surface area contributed by atoms with Crippen LogP contribution in [0.3, 0.4) is 0 Å². The SMILES string of the molecule is C/C=C/C=C/COC(=O)[C@@H]1CCCC[C@H]1CO. The molecule has 3 nitrogen and oxygen atoms in total. The Bertz CT molecular complexity index is 281. The van der Waals surface area contributed by atoms with Gasteiger partial charge in [-0.05, 0) is 31.8 Å². The summed E-state index contributed by atoms with van der Waals surface area (Å²) in [7, 11) is 0. The second-order valence-electron chi connectivity index (χ2n) is 4.42. The summed E-state index contributed by atoms with van der Waals surface area (Å²) in [5.74, 6) is -0.173. The smallest absolute Gasteiger partial charge is 0.309 e. The standard InChI is InChI=1S/C14H22O3/c1-2-3-4-7-10-17-14(16)13-9-6-5-8-12(13)11-15/h2-4,7,12-13,15H,5-6,8-11H2,1H3/b3-2+,7-4+/t12-,13+/m0/s1. The van der Waals surface area contributed by atoms with Gasteiger partial charge in [-0.3, -0.25) is 4.79 Å². The van der Waals surface area contributed by atoms with Crippen molar-refractivity contribution < 1.29 is 14.6 Å². The van der Waals surface area contributed by atoms with Crippen molar-refractivity contribution >= 4 is 5.97 Å². The van der Waals surface area contributed by atoms with Crippen LogP contribution < -0.4 is 0 Å². The van der Waals surface area contributed by atoms with Crippen molar-refractivity contribution in [2.45, 2.75) is 32.6 Å². The van der Waals surface area contributed by atoms with Gasteiger partial charge in [-0.15, -0.1) is 0 Å². The monoisotopic (exact) mass is 238 g/mol. The molecule has 0 amide bonds. The number of carbonyl (C=O) groups excluding carboxylic acids is 1. The molecule has 1 saturated carbocycles. The van der Waals surface area contributed by atoms with E-state index in [1.807, 2.05) is 31.2 Å². The molecule has 96 valence electrons. The molecular weight excluding hydrogens is 216 g/mol. The summed E-state index contributed by atoms with van der Waals surface area (Å²) in [5, 5.41) is 9.22. The number of ether oxygens (including phenoxy) is 1. The van der Waals surface area contributed by atoms with Crippen molar-refractivity contribution in [3.05, 3.63) is 24.3 Å². The molecule has 17 heavy (non-hydrogen) atoms. The molecule has 1 fully saturated rings. The minimum atomic E-state index is -0.158. The first-order valence-corrected chi connectivity index (χ1v) is 6.35. The average Bonchev–Trinajstić information content (AvgIpc) is 2.38. The first-order chi connectivity index (χ1) is 8.29. The highest BCUT2D eigenvalue weighted by Gasteiger charge is 2.31. The normalized spacial score (nSPS) is 25.5. The number of aliphatic hydroxyl groups is 1.